The minimum atomic E-state index is -0.467. The van der Waals surface area contributed by atoms with Crippen LogP contribution in [-0.2, 0) is 11.3 Å². The molecular weight excluding hydrogens is 240 g/mol. The van der Waals surface area contributed by atoms with Gasteiger partial charge in [0.15, 0.2) is 0 Å². The highest BCUT2D eigenvalue weighted by atomic mass is 35.5. The van der Waals surface area contributed by atoms with Crippen molar-refractivity contribution in [2.75, 3.05) is 5.73 Å². The summed E-state index contributed by atoms with van der Waals surface area (Å²) in [5.74, 6) is 0. The van der Waals surface area contributed by atoms with Crippen LogP contribution in [0, 0.1) is 0 Å². The van der Waals surface area contributed by atoms with Crippen molar-refractivity contribution < 1.29 is 9.53 Å². The number of rotatable bonds is 2. The molecule has 0 aliphatic rings. The van der Waals surface area contributed by atoms with Crippen LogP contribution in [0.1, 0.15) is 26.3 Å². The van der Waals surface area contributed by atoms with Gasteiger partial charge in [-0.1, -0.05) is 12.1 Å². The maximum absolute atomic E-state index is 11.3. The van der Waals surface area contributed by atoms with E-state index in [1.165, 1.54) is 0 Å². The van der Waals surface area contributed by atoms with Crippen molar-refractivity contribution in [1.82, 2.24) is 5.32 Å². The maximum atomic E-state index is 11.3. The molecule has 0 radical (unpaired) electrons. The van der Waals surface area contributed by atoms with Gasteiger partial charge in [-0.3, -0.25) is 0 Å². The highest BCUT2D eigenvalue weighted by molar-refractivity contribution is 5.85. The van der Waals surface area contributed by atoms with Crippen LogP contribution < -0.4 is 11.1 Å². The van der Waals surface area contributed by atoms with E-state index < -0.39 is 11.7 Å². The second-order valence-corrected chi connectivity index (χ2v) is 4.60. The number of halogens is 1. The van der Waals surface area contributed by atoms with E-state index in [0.29, 0.717) is 12.2 Å². The van der Waals surface area contributed by atoms with Gasteiger partial charge in [0, 0.05) is 12.2 Å². The lowest BCUT2D eigenvalue weighted by molar-refractivity contribution is 0.0523. The Morgan fingerprint density at radius 2 is 1.82 bits per heavy atom. The molecule has 0 spiro atoms. The number of benzene rings is 1. The van der Waals surface area contributed by atoms with Crippen molar-refractivity contribution in [2.45, 2.75) is 32.9 Å². The molecule has 1 aromatic carbocycles. The molecule has 1 aromatic rings. The molecule has 0 fully saturated rings. The average molecular weight is 259 g/mol. The van der Waals surface area contributed by atoms with Gasteiger partial charge in [-0.2, -0.15) is 0 Å². The molecule has 5 heteroatoms. The van der Waals surface area contributed by atoms with E-state index in [4.69, 9.17) is 10.5 Å². The second kappa shape index (κ2) is 6.35. The first-order valence-electron chi connectivity index (χ1n) is 5.18. The SMILES string of the molecule is CC(C)(C)OC(=O)NCc1ccc(N)cc1.Cl. The number of ether oxygens (including phenoxy) is 1. The van der Waals surface area contributed by atoms with Crippen LogP contribution in [0.15, 0.2) is 24.3 Å². The first-order valence-corrected chi connectivity index (χ1v) is 5.18. The number of nitrogens with two attached hydrogens (primary N) is 1. The van der Waals surface area contributed by atoms with Gasteiger partial charge in [-0.25, -0.2) is 4.79 Å². The van der Waals surface area contributed by atoms with Crippen LogP contribution in [-0.4, -0.2) is 11.7 Å². The van der Waals surface area contributed by atoms with Crippen LogP contribution in [0.4, 0.5) is 10.5 Å². The molecule has 0 saturated carbocycles. The van der Waals surface area contributed by atoms with Gasteiger partial charge in [0.05, 0.1) is 0 Å². The van der Waals surface area contributed by atoms with E-state index in [9.17, 15) is 4.79 Å². The summed E-state index contributed by atoms with van der Waals surface area (Å²) in [7, 11) is 0. The molecule has 0 saturated heterocycles. The van der Waals surface area contributed by atoms with Crippen LogP contribution >= 0.6 is 12.4 Å². The minimum Gasteiger partial charge on any atom is -0.444 e. The number of anilines is 1. The number of alkyl carbamates (subject to hydrolysis) is 1. The van der Waals surface area contributed by atoms with Crippen LogP contribution in [0.5, 0.6) is 0 Å². The van der Waals surface area contributed by atoms with Gasteiger partial charge >= 0.3 is 6.09 Å². The predicted octanol–water partition coefficient (Wildman–Crippen LogP) is 2.72. The average Bonchev–Trinajstić information content (AvgIpc) is 2.14. The minimum absolute atomic E-state index is 0. The van der Waals surface area contributed by atoms with Crippen molar-refractivity contribution in [3.05, 3.63) is 29.8 Å². The fraction of sp³-hybridized carbons (Fsp3) is 0.417. The quantitative estimate of drug-likeness (QED) is 0.802. The Morgan fingerprint density at radius 1 is 1.29 bits per heavy atom. The van der Waals surface area contributed by atoms with Crippen molar-refractivity contribution >= 4 is 24.2 Å². The van der Waals surface area contributed by atoms with Crippen molar-refractivity contribution in [3.8, 4) is 0 Å². The van der Waals surface area contributed by atoms with E-state index >= 15 is 0 Å². The number of carbonyl (C=O) groups excluding carboxylic acids is 1. The fourth-order valence-corrected chi connectivity index (χ4v) is 1.12. The Morgan fingerprint density at radius 3 is 2.29 bits per heavy atom. The summed E-state index contributed by atoms with van der Waals surface area (Å²) in [6, 6.07) is 7.33. The van der Waals surface area contributed by atoms with Gasteiger partial charge in [-0.05, 0) is 38.5 Å². The van der Waals surface area contributed by atoms with Gasteiger partial charge in [-0.15, -0.1) is 12.4 Å². The molecule has 0 bridgehead atoms. The highest BCUT2D eigenvalue weighted by Crippen LogP contribution is 2.08. The third kappa shape index (κ3) is 6.68. The van der Waals surface area contributed by atoms with Crippen molar-refractivity contribution in [2.24, 2.45) is 0 Å². The monoisotopic (exact) mass is 258 g/mol. The van der Waals surface area contributed by atoms with Crippen LogP contribution in [0.25, 0.3) is 0 Å². The first kappa shape index (κ1) is 15.6. The number of carbonyl (C=O) groups is 1. The van der Waals surface area contributed by atoms with E-state index in [1.54, 1.807) is 12.1 Å². The molecule has 1 amide bonds. The standard InChI is InChI=1S/C12H18N2O2.ClH/c1-12(2,3)16-11(15)14-8-9-4-6-10(13)7-5-9;/h4-7H,8,13H2,1-3H3,(H,14,15);1H. The number of amides is 1. The lowest BCUT2D eigenvalue weighted by Crippen LogP contribution is -2.32. The molecule has 1 rings (SSSR count). The first-order chi connectivity index (χ1) is 7.37. The zero-order valence-corrected chi connectivity index (χ0v) is 11.1. The number of hydrogen-bond donors (Lipinski definition) is 2. The number of hydrogen-bond acceptors (Lipinski definition) is 3. The molecule has 17 heavy (non-hydrogen) atoms. The molecule has 0 unspecified atom stereocenters. The van der Waals surface area contributed by atoms with E-state index in [1.807, 2.05) is 32.9 Å². The molecule has 3 N–H and O–H groups in total. The normalized spacial score (nSPS) is 10.3. The Balaban J connectivity index is 0.00000256. The lowest BCUT2D eigenvalue weighted by Gasteiger charge is -2.19. The summed E-state index contributed by atoms with van der Waals surface area (Å²) in [5, 5.41) is 2.67. The van der Waals surface area contributed by atoms with Crippen molar-refractivity contribution in [3.63, 3.8) is 0 Å². The van der Waals surface area contributed by atoms with E-state index in [-0.39, 0.29) is 12.4 Å². The largest absolute Gasteiger partial charge is 0.444 e. The zero-order chi connectivity index (χ0) is 12.2. The summed E-state index contributed by atoms with van der Waals surface area (Å²) in [6.07, 6.45) is -0.413. The molecule has 0 heterocycles. The van der Waals surface area contributed by atoms with Gasteiger partial charge in [0.1, 0.15) is 5.60 Å². The van der Waals surface area contributed by atoms with Gasteiger partial charge < -0.3 is 15.8 Å². The van der Waals surface area contributed by atoms with Crippen LogP contribution in [0.2, 0.25) is 0 Å². The van der Waals surface area contributed by atoms with E-state index in [0.717, 1.165) is 5.56 Å². The second-order valence-electron chi connectivity index (χ2n) is 4.60. The third-order valence-electron chi connectivity index (χ3n) is 1.82. The summed E-state index contributed by atoms with van der Waals surface area (Å²) in [6.45, 7) is 5.93. The number of nitrogen functional groups attached to an aromatic ring is 1. The fourth-order valence-electron chi connectivity index (χ4n) is 1.12. The molecule has 96 valence electrons. The predicted molar refractivity (Wildman–Crippen MR) is 71.2 cm³/mol. The molecule has 4 nitrogen and oxygen atoms in total. The van der Waals surface area contributed by atoms with Gasteiger partial charge in [0.25, 0.3) is 0 Å². The zero-order valence-electron chi connectivity index (χ0n) is 10.3. The van der Waals surface area contributed by atoms with Gasteiger partial charge in [0.2, 0.25) is 0 Å². The molecule has 0 aliphatic heterocycles. The van der Waals surface area contributed by atoms with Crippen molar-refractivity contribution in [1.29, 1.82) is 0 Å². The Labute approximate surface area is 108 Å². The molecule has 0 aromatic heterocycles. The Kier molecular flexibility index (Phi) is 5.82. The summed E-state index contributed by atoms with van der Waals surface area (Å²) in [4.78, 5) is 11.3. The topological polar surface area (TPSA) is 64.3 Å². The lowest BCUT2D eigenvalue weighted by atomic mass is 10.2. The maximum Gasteiger partial charge on any atom is 0.407 e. The Hall–Kier alpha value is -1.42. The summed E-state index contributed by atoms with van der Waals surface area (Å²) in [5.41, 5.74) is 6.78. The summed E-state index contributed by atoms with van der Waals surface area (Å²) < 4.78 is 5.11. The smallest absolute Gasteiger partial charge is 0.407 e. The highest BCUT2D eigenvalue weighted by Gasteiger charge is 2.15. The molecular formula is C12H19ClN2O2. The number of nitrogens with one attached hydrogen (secondary N) is 1. The third-order valence-corrected chi connectivity index (χ3v) is 1.82. The molecule has 0 aliphatic carbocycles. The molecule has 0 atom stereocenters. The Bertz CT molecular complexity index is 358. The van der Waals surface area contributed by atoms with Crippen LogP contribution in [0.3, 0.4) is 0 Å². The van der Waals surface area contributed by atoms with E-state index in [2.05, 4.69) is 5.32 Å². The summed E-state index contributed by atoms with van der Waals surface area (Å²) >= 11 is 0.